The highest BCUT2D eigenvalue weighted by molar-refractivity contribution is 6.14. The number of ketones is 1. The Morgan fingerprint density at radius 3 is 2.39 bits per heavy atom. The number of anilines is 3. The van der Waals surface area contributed by atoms with E-state index in [4.69, 9.17) is 16.2 Å². The molecule has 0 bridgehead atoms. The zero-order valence-electron chi connectivity index (χ0n) is 17.1. The molecule has 0 aliphatic rings. The van der Waals surface area contributed by atoms with Crippen molar-refractivity contribution < 1.29 is 18.3 Å². The molecule has 3 rings (SSSR count). The first-order valence-corrected chi connectivity index (χ1v) is 9.92. The topological polar surface area (TPSA) is 103 Å². The second kappa shape index (κ2) is 9.99. The fraction of sp³-hybridized carbons (Fsp3) is 0.217. The van der Waals surface area contributed by atoms with Crippen molar-refractivity contribution in [2.24, 2.45) is 5.73 Å². The molecule has 0 saturated heterocycles. The first kappa shape index (κ1) is 22.2. The Balaban J connectivity index is 2.00. The summed E-state index contributed by atoms with van der Waals surface area (Å²) in [4.78, 5) is 17.2. The number of halogens is 2. The summed E-state index contributed by atoms with van der Waals surface area (Å²) >= 11 is 0. The minimum absolute atomic E-state index is 0.106. The van der Waals surface area contributed by atoms with E-state index >= 15 is 0 Å². The van der Waals surface area contributed by atoms with Gasteiger partial charge in [-0.15, -0.1) is 0 Å². The number of carbonyl (C=O) groups is 1. The lowest BCUT2D eigenvalue weighted by molar-refractivity contribution is 0.102. The van der Waals surface area contributed by atoms with Crippen LogP contribution in [0.2, 0.25) is 0 Å². The third-order valence-corrected chi connectivity index (χ3v) is 4.65. The molecule has 0 amide bonds. The SMILES string of the molecule is CCCCOc1cc(Nc2ccc(CN)cc2)nc(N)c1C(=O)c1c(F)cccc1F. The summed E-state index contributed by atoms with van der Waals surface area (Å²) in [7, 11) is 0. The molecule has 1 aromatic heterocycles. The zero-order chi connectivity index (χ0) is 22.4. The monoisotopic (exact) mass is 426 g/mol. The van der Waals surface area contributed by atoms with Crippen LogP contribution in [-0.2, 0) is 6.54 Å². The molecule has 3 aromatic rings. The normalized spacial score (nSPS) is 10.7. The number of nitrogen functional groups attached to an aromatic ring is 1. The fourth-order valence-corrected chi connectivity index (χ4v) is 2.98. The smallest absolute Gasteiger partial charge is 0.206 e. The van der Waals surface area contributed by atoms with Crippen LogP contribution in [0.4, 0.5) is 26.1 Å². The molecular formula is C23H24F2N4O2. The molecule has 0 unspecified atom stereocenters. The quantitative estimate of drug-likeness (QED) is 0.343. The van der Waals surface area contributed by atoms with Crippen LogP contribution in [0.5, 0.6) is 5.75 Å². The predicted octanol–water partition coefficient (Wildman–Crippen LogP) is 4.55. The van der Waals surface area contributed by atoms with Crippen molar-refractivity contribution in [3.05, 3.63) is 76.9 Å². The number of nitrogens with two attached hydrogens (primary N) is 2. The van der Waals surface area contributed by atoms with Crippen molar-refractivity contribution >= 4 is 23.1 Å². The molecule has 0 atom stereocenters. The van der Waals surface area contributed by atoms with Crippen molar-refractivity contribution in [3.63, 3.8) is 0 Å². The number of ether oxygens (including phenoxy) is 1. The lowest BCUT2D eigenvalue weighted by Gasteiger charge is -2.16. The van der Waals surface area contributed by atoms with E-state index in [-0.39, 0.29) is 17.1 Å². The largest absolute Gasteiger partial charge is 0.493 e. The number of aromatic nitrogens is 1. The molecule has 5 N–H and O–H groups in total. The summed E-state index contributed by atoms with van der Waals surface area (Å²) in [6.45, 7) is 2.72. The second-order valence-electron chi connectivity index (χ2n) is 6.92. The predicted molar refractivity (Wildman–Crippen MR) is 116 cm³/mol. The molecule has 0 fully saturated rings. The number of benzene rings is 2. The van der Waals surface area contributed by atoms with Gasteiger partial charge in [-0.3, -0.25) is 4.79 Å². The van der Waals surface area contributed by atoms with E-state index in [2.05, 4.69) is 10.3 Å². The summed E-state index contributed by atoms with van der Waals surface area (Å²) < 4.78 is 34.2. The third-order valence-electron chi connectivity index (χ3n) is 4.65. The average Bonchev–Trinajstić information content (AvgIpc) is 2.74. The highest BCUT2D eigenvalue weighted by atomic mass is 19.1. The van der Waals surface area contributed by atoms with Gasteiger partial charge in [0.05, 0.1) is 12.2 Å². The molecular weight excluding hydrogens is 402 g/mol. The van der Waals surface area contributed by atoms with Crippen LogP contribution in [0.3, 0.4) is 0 Å². The molecule has 8 heteroatoms. The summed E-state index contributed by atoms with van der Waals surface area (Å²) in [6, 6.07) is 12.1. The van der Waals surface area contributed by atoms with Gasteiger partial charge in [-0.05, 0) is 36.2 Å². The van der Waals surface area contributed by atoms with Crippen LogP contribution < -0.4 is 21.5 Å². The Kier molecular flexibility index (Phi) is 7.15. The van der Waals surface area contributed by atoms with E-state index in [9.17, 15) is 13.6 Å². The number of pyridine rings is 1. The van der Waals surface area contributed by atoms with Crippen LogP contribution in [0.1, 0.15) is 41.3 Å². The van der Waals surface area contributed by atoms with E-state index in [0.717, 1.165) is 36.2 Å². The van der Waals surface area contributed by atoms with Crippen molar-refractivity contribution in [2.75, 3.05) is 17.7 Å². The minimum Gasteiger partial charge on any atom is -0.493 e. The van der Waals surface area contributed by atoms with Crippen LogP contribution in [-0.4, -0.2) is 17.4 Å². The van der Waals surface area contributed by atoms with E-state index < -0.39 is 23.0 Å². The van der Waals surface area contributed by atoms with Gasteiger partial charge in [0, 0.05) is 18.3 Å². The molecule has 0 radical (unpaired) electrons. The number of nitrogens with zero attached hydrogens (tertiary/aromatic N) is 1. The van der Waals surface area contributed by atoms with Crippen molar-refractivity contribution in [1.29, 1.82) is 0 Å². The van der Waals surface area contributed by atoms with Crippen LogP contribution in [0, 0.1) is 11.6 Å². The molecule has 2 aromatic carbocycles. The van der Waals surface area contributed by atoms with Crippen molar-refractivity contribution in [3.8, 4) is 5.75 Å². The van der Waals surface area contributed by atoms with Gasteiger partial charge < -0.3 is 21.5 Å². The summed E-state index contributed by atoms with van der Waals surface area (Å²) in [6.07, 6.45) is 1.59. The maximum Gasteiger partial charge on any atom is 0.206 e. The van der Waals surface area contributed by atoms with Crippen LogP contribution in [0.15, 0.2) is 48.5 Å². The highest BCUT2D eigenvalue weighted by Gasteiger charge is 2.26. The second-order valence-corrected chi connectivity index (χ2v) is 6.92. The first-order valence-electron chi connectivity index (χ1n) is 9.92. The van der Waals surface area contributed by atoms with Crippen LogP contribution in [0.25, 0.3) is 0 Å². The number of hydrogen-bond acceptors (Lipinski definition) is 6. The average molecular weight is 426 g/mol. The Bertz CT molecular complexity index is 1050. The molecule has 0 spiro atoms. The molecule has 31 heavy (non-hydrogen) atoms. The molecule has 0 aliphatic carbocycles. The van der Waals surface area contributed by atoms with Gasteiger partial charge >= 0.3 is 0 Å². The number of carbonyl (C=O) groups excluding carboxylic acids is 1. The van der Waals surface area contributed by atoms with Crippen molar-refractivity contribution in [2.45, 2.75) is 26.3 Å². The van der Waals surface area contributed by atoms with Gasteiger partial charge in [0.15, 0.2) is 0 Å². The summed E-state index contributed by atoms with van der Waals surface area (Å²) in [5.74, 6) is -2.64. The summed E-state index contributed by atoms with van der Waals surface area (Å²) in [5.41, 5.74) is 12.5. The lowest BCUT2D eigenvalue weighted by atomic mass is 10.0. The Hall–Kier alpha value is -3.52. The number of nitrogens with one attached hydrogen (secondary N) is 1. The number of unbranched alkanes of at least 4 members (excludes halogenated alkanes) is 1. The highest BCUT2D eigenvalue weighted by Crippen LogP contribution is 2.32. The van der Waals surface area contributed by atoms with Gasteiger partial charge in [-0.1, -0.05) is 31.5 Å². The van der Waals surface area contributed by atoms with Gasteiger partial charge in [0.25, 0.3) is 0 Å². The summed E-state index contributed by atoms with van der Waals surface area (Å²) in [5, 5.41) is 3.08. The molecule has 1 heterocycles. The maximum absolute atomic E-state index is 14.2. The van der Waals surface area contributed by atoms with Crippen molar-refractivity contribution in [1.82, 2.24) is 4.98 Å². The third kappa shape index (κ3) is 5.16. The molecule has 162 valence electrons. The van der Waals surface area contributed by atoms with E-state index in [0.29, 0.717) is 19.0 Å². The fourth-order valence-electron chi connectivity index (χ4n) is 2.98. The molecule has 6 nitrogen and oxygen atoms in total. The van der Waals surface area contributed by atoms with Gasteiger partial charge in [-0.2, -0.15) is 0 Å². The first-order chi connectivity index (χ1) is 14.9. The Labute approximate surface area is 179 Å². The molecule has 0 saturated carbocycles. The van der Waals surface area contributed by atoms with Gasteiger partial charge in [-0.25, -0.2) is 13.8 Å². The maximum atomic E-state index is 14.2. The Morgan fingerprint density at radius 2 is 1.77 bits per heavy atom. The number of rotatable bonds is 9. The standard InChI is InChI=1S/C23H24F2N4O2/c1-2-3-11-31-18-12-19(28-15-9-7-14(13-26)8-10-15)29-23(27)21(18)22(30)20-16(24)5-4-6-17(20)25/h4-10,12H,2-3,11,13,26H2,1H3,(H3,27,28,29). The Morgan fingerprint density at radius 1 is 1.10 bits per heavy atom. The number of hydrogen-bond donors (Lipinski definition) is 3. The van der Waals surface area contributed by atoms with E-state index in [1.165, 1.54) is 12.1 Å². The molecule has 0 aliphatic heterocycles. The van der Waals surface area contributed by atoms with Gasteiger partial charge in [0.2, 0.25) is 5.78 Å². The zero-order valence-corrected chi connectivity index (χ0v) is 17.1. The lowest BCUT2D eigenvalue weighted by Crippen LogP contribution is -2.14. The van der Waals surface area contributed by atoms with E-state index in [1.54, 1.807) is 0 Å². The minimum atomic E-state index is -0.980. The van der Waals surface area contributed by atoms with E-state index in [1.807, 2.05) is 31.2 Å². The van der Waals surface area contributed by atoms with Crippen LogP contribution >= 0.6 is 0 Å². The van der Waals surface area contributed by atoms with Gasteiger partial charge in [0.1, 0.15) is 34.6 Å².